The summed E-state index contributed by atoms with van der Waals surface area (Å²) in [5.74, 6) is 0. The van der Waals surface area contributed by atoms with Gasteiger partial charge in [0.15, 0.2) is 0 Å². The van der Waals surface area contributed by atoms with Crippen molar-refractivity contribution in [2.24, 2.45) is 0 Å². The van der Waals surface area contributed by atoms with Crippen molar-refractivity contribution in [1.29, 1.82) is 0 Å². The first kappa shape index (κ1) is 29.5. The molecule has 1 aromatic heterocycles. The van der Waals surface area contributed by atoms with Crippen LogP contribution in [-0.2, 0) is 23.7 Å². The Labute approximate surface area is 295 Å². The van der Waals surface area contributed by atoms with Crippen LogP contribution in [0.2, 0.25) is 0 Å². The predicted molar refractivity (Wildman–Crippen MR) is 211 cm³/mol. The van der Waals surface area contributed by atoms with Crippen LogP contribution >= 0.6 is 0 Å². The second kappa shape index (κ2) is 10.6. The van der Waals surface area contributed by atoms with Gasteiger partial charge in [0.25, 0.3) is 0 Å². The van der Waals surface area contributed by atoms with Crippen molar-refractivity contribution in [3.8, 4) is 27.9 Å². The highest BCUT2D eigenvalue weighted by Crippen LogP contribution is 2.52. The van der Waals surface area contributed by atoms with Gasteiger partial charge >= 0.3 is 0 Å². The van der Waals surface area contributed by atoms with Gasteiger partial charge in [0, 0.05) is 27.2 Å². The number of para-hydroxylation sites is 1. The molecule has 242 valence electrons. The molecule has 0 bridgehead atoms. The lowest BCUT2D eigenvalue weighted by atomic mass is 9.67. The molecule has 10 rings (SSSR count). The van der Waals surface area contributed by atoms with Crippen molar-refractivity contribution in [3.05, 3.63) is 178 Å². The Morgan fingerprint density at radius 1 is 0.620 bits per heavy atom. The maximum atomic E-state index is 2.56. The van der Waals surface area contributed by atoms with E-state index in [1.807, 2.05) is 0 Å². The summed E-state index contributed by atoms with van der Waals surface area (Å²) in [6.45, 7) is 9.49. The quantitative estimate of drug-likeness (QED) is 0.180. The first-order chi connectivity index (χ1) is 24.4. The van der Waals surface area contributed by atoms with Crippen LogP contribution in [0.5, 0.6) is 0 Å². The van der Waals surface area contributed by atoms with Crippen LogP contribution in [0.15, 0.2) is 140 Å². The summed E-state index contributed by atoms with van der Waals surface area (Å²) in [6, 6.07) is 46.3. The monoisotopic (exact) mass is 643 g/mol. The van der Waals surface area contributed by atoms with Gasteiger partial charge < -0.3 is 4.57 Å². The number of hydrogen-bond donors (Lipinski definition) is 0. The molecule has 1 atom stereocenters. The van der Waals surface area contributed by atoms with Crippen molar-refractivity contribution in [1.82, 2.24) is 4.57 Å². The van der Waals surface area contributed by atoms with E-state index < -0.39 is 0 Å². The Balaban J connectivity index is 1.19. The fourth-order valence-corrected chi connectivity index (χ4v) is 9.79. The first-order valence-corrected chi connectivity index (χ1v) is 18.3. The van der Waals surface area contributed by atoms with E-state index in [-0.39, 0.29) is 10.8 Å². The third-order valence-corrected chi connectivity index (χ3v) is 12.3. The summed E-state index contributed by atoms with van der Waals surface area (Å²) >= 11 is 0. The molecule has 1 nitrogen and oxygen atoms in total. The largest absolute Gasteiger partial charge is 0.309 e. The molecule has 50 heavy (non-hydrogen) atoms. The first-order valence-electron chi connectivity index (χ1n) is 18.3. The summed E-state index contributed by atoms with van der Waals surface area (Å²) < 4.78 is 2.56. The minimum absolute atomic E-state index is 0.0627. The van der Waals surface area contributed by atoms with E-state index in [1.54, 1.807) is 0 Å². The molecule has 6 aromatic carbocycles. The summed E-state index contributed by atoms with van der Waals surface area (Å²) in [4.78, 5) is 0. The minimum atomic E-state index is -0.0892. The fourth-order valence-electron chi connectivity index (χ4n) is 9.79. The van der Waals surface area contributed by atoms with Gasteiger partial charge in [-0.2, -0.15) is 0 Å². The van der Waals surface area contributed by atoms with E-state index in [0.717, 1.165) is 19.3 Å². The van der Waals surface area contributed by atoms with Gasteiger partial charge in [0.2, 0.25) is 0 Å². The molecule has 0 saturated heterocycles. The van der Waals surface area contributed by atoms with Gasteiger partial charge in [0.05, 0.1) is 16.7 Å². The molecular formula is C49H41N. The fraction of sp³-hybridized carbons (Fsp3) is 0.184. The number of aromatic nitrogens is 1. The Hall–Kier alpha value is -5.40. The molecule has 0 fully saturated rings. The van der Waals surface area contributed by atoms with Crippen molar-refractivity contribution in [2.75, 3.05) is 0 Å². The number of hydrogen-bond acceptors (Lipinski definition) is 0. The molecule has 0 spiro atoms. The van der Waals surface area contributed by atoms with Crippen molar-refractivity contribution >= 4 is 27.4 Å². The Bertz CT molecular complexity index is 2620. The average Bonchev–Trinajstić information content (AvgIpc) is 3.76. The molecule has 0 amide bonds. The van der Waals surface area contributed by atoms with Crippen LogP contribution in [0.25, 0.3) is 55.3 Å². The van der Waals surface area contributed by atoms with Gasteiger partial charge in [0.1, 0.15) is 0 Å². The summed E-state index contributed by atoms with van der Waals surface area (Å²) in [5, 5.41) is 2.63. The molecule has 1 unspecified atom stereocenters. The number of aryl methyl sites for hydroxylation is 1. The van der Waals surface area contributed by atoms with Gasteiger partial charge in [-0.3, -0.25) is 0 Å². The van der Waals surface area contributed by atoms with Crippen molar-refractivity contribution in [2.45, 2.75) is 57.8 Å². The van der Waals surface area contributed by atoms with Gasteiger partial charge in [-0.05, 0) is 111 Å². The van der Waals surface area contributed by atoms with Crippen LogP contribution in [0.3, 0.4) is 0 Å². The zero-order valence-electron chi connectivity index (χ0n) is 29.3. The van der Waals surface area contributed by atoms with Crippen LogP contribution in [0, 0.1) is 0 Å². The van der Waals surface area contributed by atoms with Crippen LogP contribution in [0.1, 0.15) is 73.1 Å². The molecule has 0 aliphatic heterocycles. The Morgan fingerprint density at radius 2 is 1.42 bits per heavy atom. The highest BCUT2D eigenvalue weighted by atomic mass is 15.0. The van der Waals surface area contributed by atoms with E-state index in [9.17, 15) is 0 Å². The van der Waals surface area contributed by atoms with Crippen LogP contribution in [-0.4, -0.2) is 4.57 Å². The maximum absolute atomic E-state index is 2.56. The number of allylic oxidation sites excluding steroid dienone is 4. The van der Waals surface area contributed by atoms with Gasteiger partial charge in [-0.15, -0.1) is 0 Å². The second-order valence-corrected chi connectivity index (χ2v) is 15.4. The summed E-state index contributed by atoms with van der Waals surface area (Å²) in [6.07, 6.45) is 9.97. The van der Waals surface area contributed by atoms with Crippen molar-refractivity contribution < 1.29 is 0 Å². The number of benzene rings is 6. The molecule has 0 saturated carbocycles. The number of fused-ring (bicyclic) bond motifs is 9. The van der Waals surface area contributed by atoms with Gasteiger partial charge in [-0.25, -0.2) is 0 Å². The lowest BCUT2D eigenvalue weighted by Gasteiger charge is -2.36. The Kier molecular flexibility index (Phi) is 6.23. The highest BCUT2D eigenvalue weighted by molar-refractivity contribution is 6.12. The average molecular weight is 644 g/mol. The maximum Gasteiger partial charge on any atom is 0.0544 e. The molecule has 1 heterocycles. The van der Waals surface area contributed by atoms with E-state index in [1.165, 1.54) is 94.3 Å². The van der Waals surface area contributed by atoms with E-state index in [2.05, 4.69) is 172 Å². The number of nitrogens with zero attached hydrogens (tertiary/aromatic N) is 1. The van der Waals surface area contributed by atoms with E-state index in [0.29, 0.717) is 0 Å². The zero-order chi connectivity index (χ0) is 33.8. The molecule has 1 heteroatoms. The Morgan fingerprint density at radius 3 is 2.30 bits per heavy atom. The van der Waals surface area contributed by atoms with Gasteiger partial charge in [-0.1, -0.05) is 137 Å². The normalized spacial score (nSPS) is 18.2. The predicted octanol–water partition coefficient (Wildman–Crippen LogP) is 12.5. The summed E-state index contributed by atoms with van der Waals surface area (Å²) in [7, 11) is 0. The molecular weight excluding hydrogens is 603 g/mol. The van der Waals surface area contributed by atoms with Crippen LogP contribution < -0.4 is 0 Å². The molecule has 0 N–H and O–H groups in total. The third-order valence-electron chi connectivity index (χ3n) is 12.3. The lowest BCUT2D eigenvalue weighted by molar-refractivity contribution is 0.613. The smallest absolute Gasteiger partial charge is 0.0544 e. The van der Waals surface area contributed by atoms with E-state index >= 15 is 0 Å². The molecule has 0 radical (unpaired) electrons. The SMILES string of the molecule is CCc1ccccc1C1(C)CC=CC=C1c1ccc2c(c1)-c1c(cccc1-n1c3ccccc3c3cc4c(cc31)C(C)(C)c1ccccc1-4)C2. The topological polar surface area (TPSA) is 4.93 Å². The third kappa shape index (κ3) is 3.95. The standard InChI is InChI=1S/C49H41N/c1-5-31-15-6-9-19-40(31)49(4)26-13-12-20-41(49)33-25-24-32-27-34-16-14-23-45(47(34)37(32)28-33)50-44-22-11-8-18-36(44)39-29-38-35-17-7-10-21-42(35)48(2,3)43(38)30-46(39)50/h6-25,28-30H,5,26-27H2,1-4H3. The second-order valence-electron chi connectivity index (χ2n) is 15.4. The number of rotatable bonds is 4. The molecule has 3 aliphatic rings. The minimum Gasteiger partial charge on any atom is -0.309 e. The van der Waals surface area contributed by atoms with E-state index in [4.69, 9.17) is 0 Å². The molecule has 7 aromatic rings. The van der Waals surface area contributed by atoms with Crippen LogP contribution in [0.4, 0.5) is 0 Å². The van der Waals surface area contributed by atoms with Crippen molar-refractivity contribution in [3.63, 3.8) is 0 Å². The molecule has 3 aliphatic carbocycles. The lowest BCUT2D eigenvalue weighted by Crippen LogP contribution is -2.26. The summed E-state index contributed by atoms with van der Waals surface area (Å²) in [5.41, 5.74) is 20.4. The zero-order valence-corrected chi connectivity index (χ0v) is 29.3. The highest BCUT2D eigenvalue weighted by Gasteiger charge is 2.37.